The van der Waals surface area contributed by atoms with Crippen LogP contribution >= 0.6 is 11.6 Å². The molecule has 24 heavy (non-hydrogen) atoms. The van der Waals surface area contributed by atoms with E-state index in [1.807, 2.05) is 24.3 Å². The van der Waals surface area contributed by atoms with Gasteiger partial charge in [0.1, 0.15) is 5.83 Å². The minimum absolute atomic E-state index is 0.0225. The normalized spacial score (nSPS) is 20.1. The molecule has 1 fully saturated rings. The number of carbonyl (C=O) groups excluding carboxylic acids is 1. The van der Waals surface area contributed by atoms with Crippen LogP contribution in [0.1, 0.15) is 50.5 Å². The van der Waals surface area contributed by atoms with Crippen LogP contribution in [-0.2, 0) is 11.3 Å². The van der Waals surface area contributed by atoms with E-state index in [0.29, 0.717) is 24.4 Å². The first-order valence-electron chi connectivity index (χ1n) is 8.70. The third kappa shape index (κ3) is 3.72. The standard InChI is InChI=1S/C20H23ClFNO/c21-17-9-7-15(8-10-17)14-23-19(24)20(11-2-1-3-12-20)16-5-4-6-18(22)13-16/h5,7-10,13H,1-4,6,11-12,14H2,(H,23,24). The number of halogens is 2. The third-order valence-corrected chi connectivity index (χ3v) is 5.37. The SMILES string of the molecule is O=C(NCc1ccc(Cl)cc1)C1(C2=CCCC(F)=C2)CCCCC1. The van der Waals surface area contributed by atoms with Crippen LogP contribution in [0.2, 0.25) is 5.02 Å². The molecule has 2 aliphatic carbocycles. The van der Waals surface area contributed by atoms with E-state index in [1.54, 1.807) is 6.08 Å². The lowest BCUT2D eigenvalue weighted by molar-refractivity contribution is -0.130. The van der Waals surface area contributed by atoms with Gasteiger partial charge in [0.05, 0.1) is 5.41 Å². The maximum Gasteiger partial charge on any atom is 0.230 e. The second-order valence-corrected chi connectivity index (χ2v) is 7.18. The number of amides is 1. The van der Waals surface area contributed by atoms with Gasteiger partial charge in [0.2, 0.25) is 5.91 Å². The summed E-state index contributed by atoms with van der Waals surface area (Å²) in [7, 11) is 0. The van der Waals surface area contributed by atoms with Crippen molar-refractivity contribution >= 4 is 17.5 Å². The van der Waals surface area contributed by atoms with Gasteiger partial charge in [-0.3, -0.25) is 4.79 Å². The van der Waals surface area contributed by atoms with E-state index < -0.39 is 5.41 Å². The predicted molar refractivity (Wildman–Crippen MR) is 95.3 cm³/mol. The van der Waals surface area contributed by atoms with Crippen molar-refractivity contribution in [2.24, 2.45) is 5.41 Å². The fraction of sp³-hybridized carbons (Fsp3) is 0.450. The van der Waals surface area contributed by atoms with Crippen LogP contribution in [0.15, 0.2) is 47.8 Å². The number of rotatable bonds is 4. The van der Waals surface area contributed by atoms with Gasteiger partial charge in [-0.15, -0.1) is 0 Å². The van der Waals surface area contributed by atoms with Crippen molar-refractivity contribution in [2.45, 2.75) is 51.5 Å². The highest BCUT2D eigenvalue weighted by Crippen LogP contribution is 2.45. The van der Waals surface area contributed by atoms with Crippen molar-refractivity contribution in [3.05, 3.63) is 58.4 Å². The Morgan fingerprint density at radius 1 is 1.17 bits per heavy atom. The fourth-order valence-corrected chi connectivity index (χ4v) is 3.88. The lowest BCUT2D eigenvalue weighted by Gasteiger charge is -2.38. The van der Waals surface area contributed by atoms with Crippen molar-refractivity contribution in [3.63, 3.8) is 0 Å². The van der Waals surface area contributed by atoms with E-state index >= 15 is 0 Å². The molecule has 0 unspecified atom stereocenters. The highest BCUT2D eigenvalue weighted by atomic mass is 35.5. The molecule has 1 aromatic rings. The summed E-state index contributed by atoms with van der Waals surface area (Å²) in [4.78, 5) is 13.0. The van der Waals surface area contributed by atoms with Gasteiger partial charge in [0.25, 0.3) is 0 Å². The Kier molecular flexibility index (Phi) is 5.40. The van der Waals surface area contributed by atoms with Gasteiger partial charge in [-0.1, -0.05) is 49.1 Å². The molecule has 2 aliphatic rings. The molecule has 0 aliphatic heterocycles. The number of hydrogen-bond acceptors (Lipinski definition) is 1. The van der Waals surface area contributed by atoms with Gasteiger partial charge < -0.3 is 5.32 Å². The zero-order valence-corrected chi connectivity index (χ0v) is 14.5. The van der Waals surface area contributed by atoms with Gasteiger partial charge in [-0.25, -0.2) is 4.39 Å². The average Bonchev–Trinajstić information content (AvgIpc) is 2.61. The van der Waals surface area contributed by atoms with Crippen LogP contribution in [-0.4, -0.2) is 5.91 Å². The maximum atomic E-state index is 13.8. The maximum absolute atomic E-state index is 13.8. The summed E-state index contributed by atoms with van der Waals surface area (Å²) in [6.45, 7) is 0.469. The van der Waals surface area contributed by atoms with Gasteiger partial charge >= 0.3 is 0 Å². The zero-order chi connectivity index (χ0) is 17.0. The summed E-state index contributed by atoms with van der Waals surface area (Å²) in [6.07, 6.45) is 9.56. The number of carbonyl (C=O) groups is 1. The minimum Gasteiger partial charge on any atom is -0.351 e. The highest BCUT2D eigenvalue weighted by Gasteiger charge is 2.42. The topological polar surface area (TPSA) is 29.1 Å². The number of nitrogens with one attached hydrogen (secondary N) is 1. The molecule has 1 aromatic carbocycles. The third-order valence-electron chi connectivity index (χ3n) is 5.12. The van der Waals surface area contributed by atoms with E-state index in [9.17, 15) is 9.18 Å². The molecule has 3 rings (SSSR count). The summed E-state index contributed by atoms with van der Waals surface area (Å²) >= 11 is 5.90. The van der Waals surface area contributed by atoms with Crippen LogP contribution in [0.3, 0.4) is 0 Å². The largest absolute Gasteiger partial charge is 0.351 e. The van der Waals surface area contributed by atoms with Gasteiger partial charge in [0.15, 0.2) is 0 Å². The Bertz CT molecular complexity index is 657. The smallest absolute Gasteiger partial charge is 0.230 e. The number of benzene rings is 1. The summed E-state index contributed by atoms with van der Waals surface area (Å²) in [5.74, 6) is -0.0858. The molecule has 0 saturated heterocycles. The summed E-state index contributed by atoms with van der Waals surface area (Å²) in [5, 5.41) is 3.75. The molecule has 4 heteroatoms. The molecule has 0 atom stereocenters. The van der Waals surface area contributed by atoms with Gasteiger partial charge in [-0.2, -0.15) is 0 Å². The average molecular weight is 348 g/mol. The molecule has 2 nitrogen and oxygen atoms in total. The Morgan fingerprint density at radius 3 is 2.54 bits per heavy atom. The molecule has 0 aromatic heterocycles. The van der Waals surface area contributed by atoms with Gasteiger partial charge in [-0.05, 0) is 48.6 Å². The molecular weight excluding hydrogens is 325 g/mol. The molecule has 0 heterocycles. The Labute approximate surface area is 147 Å². The molecule has 1 saturated carbocycles. The summed E-state index contributed by atoms with van der Waals surface area (Å²) in [5.41, 5.74) is 1.32. The summed E-state index contributed by atoms with van der Waals surface area (Å²) < 4.78 is 13.8. The second-order valence-electron chi connectivity index (χ2n) is 6.74. The van der Waals surface area contributed by atoms with Crippen molar-refractivity contribution in [1.29, 1.82) is 0 Å². The van der Waals surface area contributed by atoms with Crippen LogP contribution in [0.5, 0.6) is 0 Å². The fourth-order valence-electron chi connectivity index (χ4n) is 3.75. The van der Waals surface area contributed by atoms with Crippen molar-refractivity contribution in [1.82, 2.24) is 5.32 Å². The quantitative estimate of drug-likeness (QED) is 0.767. The van der Waals surface area contributed by atoms with Crippen LogP contribution in [0.25, 0.3) is 0 Å². The van der Waals surface area contributed by atoms with Crippen LogP contribution in [0, 0.1) is 5.41 Å². The molecule has 1 N–H and O–H groups in total. The monoisotopic (exact) mass is 347 g/mol. The summed E-state index contributed by atoms with van der Waals surface area (Å²) in [6, 6.07) is 7.47. The first-order chi connectivity index (χ1) is 11.6. The van der Waals surface area contributed by atoms with Crippen molar-refractivity contribution < 1.29 is 9.18 Å². The highest BCUT2D eigenvalue weighted by molar-refractivity contribution is 6.30. The van der Waals surface area contributed by atoms with Crippen molar-refractivity contribution in [2.75, 3.05) is 0 Å². The lowest BCUT2D eigenvalue weighted by Crippen LogP contribution is -2.43. The van der Waals surface area contributed by atoms with Crippen molar-refractivity contribution in [3.8, 4) is 0 Å². The first-order valence-corrected chi connectivity index (χ1v) is 9.07. The zero-order valence-electron chi connectivity index (χ0n) is 13.8. The molecule has 0 bridgehead atoms. The van der Waals surface area contributed by atoms with E-state index in [2.05, 4.69) is 11.4 Å². The molecular formula is C20H23ClFNO. The van der Waals surface area contributed by atoms with E-state index in [1.165, 1.54) is 0 Å². The molecule has 0 spiro atoms. The first kappa shape index (κ1) is 17.2. The number of allylic oxidation sites excluding steroid dienone is 3. The molecule has 0 radical (unpaired) electrons. The predicted octanol–water partition coefficient (Wildman–Crippen LogP) is 5.48. The number of hydrogen-bond donors (Lipinski definition) is 1. The van der Waals surface area contributed by atoms with E-state index in [0.717, 1.165) is 43.2 Å². The van der Waals surface area contributed by atoms with E-state index in [-0.39, 0.29) is 11.7 Å². The van der Waals surface area contributed by atoms with E-state index in [4.69, 9.17) is 11.6 Å². The Morgan fingerprint density at radius 2 is 1.88 bits per heavy atom. The van der Waals surface area contributed by atoms with Crippen LogP contribution in [0.4, 0.5) is 4.39 Å². The molecule has 128 valence electrons. The molecule has 1 amide bonds. The Balaban J connectivity index is 1.77. The second kappa shape index (κ2) is 7.52. The van der Waals surface area contributed by atoms with Gasteiger partial charge in [0, 0.05) is 18.0 Å². The Hall–Kier alpha value is -1.61. The minimum atomic E-state index is -0.567. The lowest BCUT2D eigenvalue weighted by atomic mass is 9.67. The van der Waals surface area contributed by atoms with Crippen LogP contribution < -0.4 is 5.32 Å².